The molecule has 0 aliphatic heterocycles. The average molecular weight is 956 g/mol. The summed E-state index contributed by atoms with van der Waals surface area (Å²) in [5.74, 6) is -1.03. The lowest BCUT2D eigenvalue weighted by Gasteiger charge is -2.18. The first kappa shape index (κ1) is 64.8. The summed E-state index contributed by atoms with van der Waals surface area (Å²) in [5.41, 5.74) is 0. The zero-order valence-electron chi connectivity index (χ0n) is 44.5. The standard InChI is InChI=1S/C63H102O6/c1-4-7-10-13-16-19-22-25-28-30-31-33-35-38-41-44-47-50-53-56-62(65)68-59-60(58-67-61(64)55-52-49-46-43-40-37-34-27-24-21-18-15-12-9-6-3)69-63(66)57-54-51-48-45-42-39-36-32-29-26-23-20-17-14-11-8-5-2/h7,10,16-21,25-29,31,33-34,38,41,47,50,60H,4-6,8-9,11-15,22-24,30,32,35-37,39-40,42-46,48-49,51-59H2,1-3H3/b10-7-,19-16-,20-17-,21-18-,28-25-,29-26-,33-31-,34-27-,41-38-,50-47-/t60-/m1/s1. The largest absolute Gasteiger partial charge is 0.462 e. The zero-order valence-corrected chi connectivity index (χ0v) is 44.5. The molecule has 0 aliphatic rings. The first-order valence-electron chi connectivity index (χ1n) is 28.0. The number of esters is 3. The first-order chi connectivity index (χ1) is 34.0. The van der Waals surface area contributed by atoms with Crippen LogP contribution in [0.25, 0.3) is 0 Å². The van der Waals surface area contributed by atoms with Gasteiger partial charge in [0.05, 0.1) is 0 Å². The van der Waals surface area contributed by atoms with E-state index in [9.17, 15) is 14.4 Å². The molecule has 0 aromatic rings. The lowest BCUT2D eigenvalue weighted by molar-refractivity contribution is -0.166. The van der Waals surface area contributed by atoms with Crippen LogP contribution in [0.15, 0.2) is 122 Å². The topological polar surface area (TPSA) is 78.9 Å². The lowest BCUT2D eigenvalue weighted by Crippen LogP contribution is -2.30. The number of hydrogen-bond acceptors (Lipinski definition) is 6. The SMILES string of the molecule is CC/C=C\C/C=C\C/C=C\C/C=C\C/C=C\C/C=C\CCC(=O)OC[C@@H](COC(=O)CCCCCCC/C=C\C/C=C\CCCCC)OC(=O)CCCCCCCCC/C=C\C/C=C\CCCCC. The van der Waals surface area contributed by atoms with Crippen LogP contribution in [0.1, 0.15) is 239 Å². The van der Waals surface area contributed by atoms with E-state index in [4.69, 9.17) is 14.2 Å². The van der Waals surface area contributed by atoms with Crippen molar-refractivity contribution in [2.24, 2.45) is 0 Å². The molecule has 6 nitrogen and oxygen atoms in total. The molecule has 0 bridgehead atoms. The van der Waals surface area contributed by atoms with Gasteiger partial charge >= 0.3 is 17.9 Å². The molecule has 0 spiro atoms. The molecular formula is C63H102O6. The molecule has 0 aliphatic carbocycles. The molecular weight excluding hydrogens is 853 g/mol. The van der Waals surface area contributed by atoms with E-state index in [2.05, 4.69) is 136 Å². The maximum absolute atomic E-state index is 12.8. The van der Waals surface area contributed by atoms with Gasteiger partial charge in [0.15, 0.2) is 6.10 Å². The normalized spacial score (nSPS) is 13.0. The van der Waals surface area contributed by atoms with E-state index in [1.165, 1.54) is 77.0 Å². The van der Waals surface area contributed by atoms with Crippen LogP contribution < -0.4 is 0 Å². The number of carbonyl (C=O) groups excluding carboxylic acids is 3. The third-order valence-corrected chi connectivity index (χ3v) is 11.4. The van der Waals surface area contributed by atoms with Gasteiger partial charge in [-0.1, -0.05) is 219 Å². The summed E-state index contributed by atoms with van der Waals surface area (Å²) in [5, 5.41) is 0. The number of carbonyl (C=O) groups is 3. The van der Waals surface area contributed by atoms with Gasteiger partial charge in [-0.2, -0.15) is 0 Å². The number of unbranched alkanes of at least 4 members (excludes halogenated alkanes) is 18. The van der Waals surface area contributed by atoms with E-state index in [-0.39, 0.29) is 37.5 Å². The third-order valence-electron chi connectivity index (χ3n) is 11.4. The van der Waals surface area contributed by atoms with E-state index in [1.807, 2.05) is 6.08 Å². The molecule has 0 rings (SSSR count). The Morgan fingerprint density at radius 3 is 0.971 bits per heavy atom. The summed E-state index contributed by atoms with van der Waals surface area (Å²) >= 11 is 0. The van der Waals surface area contributed by atoms with Crippen molar-refractivity contribution in [3.63, 3.8) is 0 Å². The van der Waals surface area contributed by atoms with Crippen LogP contribution in [-0.4, -0.2) is 37.2 Å². The quantitative estimate of drug-likeness (QED) is 0.0262. The van der Waals surface area contributed by atoms with Crippen molar-refractivity contribution in [3.05, 3.63) is 122 Å². The smallest absolute Gasteiger partial charge is 0.306 e. The van der Waals surface area contributed by atoms with Crippen LogP contribution in [0.5, 0.6) is 0 Å². The fourth-order valence-electron chi connectivity index (χ4n) is 7.23. The summed E-state index contributed by atoms with van der Waals surface area (Å²) < 4.78 is 16.8. The Balaban J connectivity index is 4.55. The van der Waals surface area contributed by atoms with Crippen molar-refractivity contribution in [3.8, 4) is 0 Å². The predicted octanol–water partition coefficient (Wildman–Crippen LogP) is 18.9. The minimum Gasteiger partial charge on any atom is -0.462 e. The van der Waals surface area contributed by atoms with Crippen LogP contribution >= 0.6 is 0 Å². The molecule has 0 aromatic carbocycles. The van der Waals surface area contributed by atoms with Crippen LogP contribution in [0.4, 0.5) is 0 Å². The summed E-state index contributed by atoms with van der Waals surface area (Å²) in [6.45, 7) is 6.38. The van der Waals surface area contributed by atoms with Crippen LogP contribution in [0.2, 0.25) is 0 Å². The predicted molar refractivity (Wildman–Crippen MR) is 297 cm³/mol. The minimum atomic E-state index is -0.822. The highest BCUT2D eigenvalue weighted by Gasteiger charge is 2.19. The maximum atomic E-state index is 12.8. The molecule has 69 heavy (non-hydrogen) atoms. The van der Waals surface area contributed by atoms with Gasteiger partial charge in [0.25, 0.3) is 0 Å². The summed E-state index contributed by atoms with van der Waals surface area (Å²) in [4.78, 5) is 38.1. The molecule has 1 atom stereocenters. The van der Waals surface area contributed by atoms with Crippen LogP contribution in [0, 0.1) is 0 Å². The molecule has 0 saturated carbocycles. The van der Waals surface area contributed by atoms with Gasteiger partial charge in [0.1, 0.15) is 13.2 Å². The summed E-state index contributed by atoms with van der Waals surface area (Å²) in [6, 6.07) is 0. The Labute approximate surface area is 424 Å². The Kier molecular flexibility index (Phi) is 53.0. The monoisotopic (exact) mass is 955 g/mol. The minimum absolute atomic E-state index is 0.115. The van der Waals surface area contributed by atoms with E-state index >= 15 is 0 Å². The molecule has 6 heteroatoms. The Hall–Kier alpha value is -4.19. The second-order valence-electron chi connectivity index (χ2n) is 18.1. The molecule has 0 amide bonds. The van der Waals surface area contributed by atoms with Gasteiger partial charge in [-0.25, -0.2) is 0 Å². The van der Waals surface area contributed by atoms with Crippen LogP contribution in [0.3, 0.4) is 0 Å². The van der Waals surface area contributed by atoms with E-state index in [1.54, 1.807) is 0 Å². The highest BCUT2D eigenvalue weighted by molar-refractivity contribution is 5.71. The Morgan fingerprint density at radius 2 is 0.594 bits per heavy atom. The van der Waals surface area contributed by atoms with Gasteiger partial charge < -0.3 is 14.2 Å². The Morgan fingerprint density at radius 1 is 0.304 bits per heavy atom. The molecule has 0 fully saturated rings. The second-order valence-corrected chi connectivity index (χ2v) is 18.1. The first-order valence-corrected chi connectivity index (χ1v) is 28.0. The van der Waals surface area contributed by atoms with Crippen molar-refractivity contribution < 1.29 is 28.6 Å². The Bertz CT molecular complexity index is 1470. The fraction of sp³-hybridized carbons (Fsp3) is 0.635. The fourth-order valence-corrected chi connectivity index (χ4v) is 7.23. The van der Waals surface area contributed by atoms with Crippen molar-refractivity contribution in [1.29, 1.82) is 0 Å². The summed E-state index contributed by atoms with van der Waals surface area (Å²) in [7, 11) is 0. The van der Waals surface area contributed by atoms with Crippen molar-refractivity contribution in [1.82, 2.24) is 0 Å². The molecule has 0 unspecified atom stereocenters. The molecule has 0 saturated heterocycles. The molecule has 0 N–H and O–H groups in total. The molecule has 0 heterocycles. The maximum Gasteiger partial charge on any atom is 0.306 e. The van der Waals surface area contributed by atoms with E-state index in [0.717, 1.165) is 116 Å². The third kappa shape index (κ3) is 54.6. The number of hydrogen-bond donors (Lipinski definition) is 0. The lowest BCUT2D eigenvalue weighted by atomic mass is 10.1. The highest BCUT2D eigenvalue weighted by atomic mass is 16.6. The number of rotatable bonds is 49. The van der Waals surface area contributed by atoms with Gasteiger partial charge in [0, 0.05) is 19.3 Å². The molecule has 0 radical (unpaired) electrons. The van der Waals surface area contributed by atoms with Crippen molar-refractivity contribution >= 4 is 17.9 Å². The van der Waals surface area contributed by atoms with Gasteiger partial charge in [0.2, 0.25) is 0 Å². The summed E-state index contributed by atoms with van der Waals surface area (Å²) in [6.07, 6.45) is 77.6. The zero-order chi connectivity index (χ0) is 50.0. The van der Waals surface area contributed by atoms with Gasteiger partial charge in [-0.15, -0.1) is 0 Å². The van der Waals surface area contributed by atoms with Gasteiger partial charge in [-0.3, -0.25) is 14.4 Å². The van der Waals surface area contributed by atoms with E-state index < -0.39 is 6.10 Å². The number of allylic oxidation sites excluding steroid dienone is 20. The average Bonchev–Trinajstić information content (AvgIpc) is 3.35. The van der Waals surface area contributed by atoms with E-state index in [0.29, 0.717) is 19.3 Å². The highest BCUT2D eigenvalue weighted by Crippen LogP contribution is 2.13. The van der Waals surface area contributed by atoms with Crippen LogP contribution in [-0.2, 0) is 28.6 Å². The molecule has 0 aromatic heterocycles. The second kappa shape index (κ2) is 56.4. The van der Waals surface area contributed by atoms with Crippen molar-refractivity contribution in [2.45, 2.75) is 245 Å². The van der Waals surface area contributed by atoms with Crippen molar-refractivity contribution in [2.75, 3.05) is 13.2 Å². The number of ether oxygens (including phenoxy) is 3. The molecule has 390 valence electrons. The van der Waals surface area contributed by atoms with Gasteiger partial charge in [-0.05, 0) is 122 Å².